The van der Waals surface area contributed by atoms with Crippen LogP contribution in [0.4, 0.5) is 22.0 Å². The average Bonchev–Trinajstić information content (AvgIpc) is 2.25. The van der Waals surface area contributed by atoms with Gasteiger partial charge in [-0.2, -0.15) is 13.2 Å². The molecule has 0 unspecified atom stereocenters. The third-order valence-electron chi connectivity index (χ3n) is 2.08. The van der Waals surface area contributed by atoms with Gasteiger partial charge in [-0.25, -0.2) is 8.78 Å². The standard InChI is InChI=1S/C9H7F5N2O/c10-8(11)6-5(1-15)4(3-17)2-16-7(6)9(12,13)14/h2-3,8H,1,15H2. The van der Waals surface area contributed by atoms with Gasteiger partial charge in [0, 0.05) is 18.3 Å². The van der Waals surface area contributed by atoms with Gasteiger partial charge in [0.05, 0.1) is 5.56 Å². The zero-order chi connectivity index (χ0) is 13.2. The Morgan fingerprint density at radius 2 is 2.00 bits per heavy atom. The van der Waals surface area contributed by atoms with Crippen LogP contribution >= 0.6 is 0 Å². The molecule has 0 aromatic carbocycles. The lowest BCUT2D eigenvalue weighted by molar-refractivity contribution is -0.143. The maximum absolute atomic E-state index is 12.6. The van der Waals surface area contributed by atoms with Crippen LogP contribution in [0.5, 0.6) is 0 Å². The number of hydrogen-bond donors (Lipinski definition) is 1. The lowest BCUT2D eigenvalue weighted by atomic mass is 10.0. The Hall–Kier alpha value is -1.57. The van der Waals surface area contributed by atoms with Crippen molar-refractivity contribution in [3.63, 3.8) is 0 Å². The molecule has 0 radical (unpaired) electrons. The van der Waals surface area contributed by atoms with E-state index in [0.29, 0.717) is 6.20 Å². The van der Waals surface area contributed by atoms with Crippen LogP contribution in [0, 0.1) is 0 Å². The fourth-order valence-corrected chi connectivity index (χ4v) is 1.37. The summed E-state index contributed by atoms with van der Waals surface area (Å²) in [5.41, 5.74) is 1.16. The van der Waals surface area contributed by atoms with E-state index in [-0.39, 0.29) is 11.8 Å². The number of nitrogens with two attached hydrogens (primary N) is 1. The van der Waals surface area contributed by atoms with Crippen molar-refractivity contribution >= 4 is 6.29 Å². The van der Waals surface area contributed by atoms with Gasteiger partial charge in [-0.1, -0.05) is 0 Å². The molecule has 1 aromatic heterocycles. The van der Waals surface area contributed by atoms with E-state index in [0.717, 1.165) is 0 Å². The zero-order valence-corrected chi connectivity index (χ0v) is 8.26. The quantitative estimate of drug-likeness (QED) is 0.665. The molecule has 0 amide bonds. The Morgan fingerprint density at radius 1 is 1.41 bits per heavy atom. The molecule has 1 aromatic rings. The minimum absolute atomic E-state index is 0.140. The van der Waals surface area contributed by atoms with E-state index in [1.165, 1.54) is 0 Å². The summed E-state index contributed by atoms with van der Waals surface area (Å²) in [7, 11) is 0. The smallest absolute Gasteiger partial charge is 0.326 e. The van der Waals surface area contributed by atoms with Crippen LogP contribution in [0.2, 0.25) is 0 Å². The molecule has 0 atom stereocenters. The molecule has 1 rings (SSSR count). The lowest BCUT2D eigenvalue weighted by Crippen LogP contribution is -2.17. The first-order valence-corrected chi connectivity index (χ1v) is 4.35. The topological polar surface area (TPSA) is 56.0 Å². The van der Waals surface area contributed by atoms with Crippen molar-refractivity contribution in [1.29, 1.82) is 0 Å². The van der Waals surface area contributed by atoms with Gasteiger partial charge in [-0.3, -0.25) is 9.78 Å². The van der Waals surface area contributed by atoms with Gasteiger partial charge in [0.2, 0.25) is 0 Å². The molecular formula is C9H7F5N2O. The fraction of sp³-hybridized carbons (Fsp3) is 0.333. The highest BCUT2D eigenvalue weighted by Gasteiger charge is 2.39. The van der Waals surface area contributed by atoms with E-state index in [1.807, 2.05) is 0 Å². The van der Waals surface area contributed by atoms with Gasteiger partial charge >= 0.3 is 6.18 Å². The third kappa shape index (κ3) is 2.57. The highest BCUT2D eigenvalue weighted by Crippen LogP contribution is 2.37. The van der Waals surface area contributed by atoms with E-state index in [1.54, 1.807) is 0 Å². The van der Waals surface area contributed by atoms with Crippen LogP contribution in [-0.4, -0.2) is 11.3 Å². The Balaban J connectivity index is 3.59. The molecule has 1 heterocycles. The van der Waals surface area contributed by atoms with Crippen LogP contribution < -0.4 is 5.73 Å². The molecule has 0 fully saturated rings. The molecule has 0 spiro atoms. The molecular weight excluding hydrogens is 247 g/mol. The average molecular weight is 254 g/mol. The SMILES string of the molecule is NCc1c(C=O)cnc(C(F)(F)F)c1C(F)F. The molecule has 0 aliphatic heterocycles. The van der Waals surface area contributed by atoms with E-state index >= 15 is 0 Å². The summed E-state index contributed by atoms with van der Waals surface area (Å²) in [4.78, 5) is 13.4. The predicted octanol–water partition coefficient (Wildman–Crippen LogP) is 2.31. The van der Waals surface area contributed by atoms with Crippen LogP contribution in [0.3, 0.4) is 0 Å². The summed E-state index contributed by atoms with van der Waals surface area (Å²) < 4.78 is 62.5. The highest BCUT2D eigenvalue weighted by molar-refractivity contribution is 5.77. The molecule has 3 nitrogen and oxygen atoms in total. The number of aromatic nitrogens is 1. The molecule has 8 heteroatoms. The number of aldehydes is 1. The first kappa shape index (κ1) is 13.5. The minimum Gasteiger partial charge on any atom is -0.326 e. The zero-order valence-electron chi connectivity index (χ0n) is 8.26. The number of rotatable bonds is 3. The van der Waals surface area contributed by atoms with E-state index in [9.17, 15) is 26.7 Å². The highest BCUT2D eigenvalue weighted by atomic mass is 19.4. The van der Waals surface area contributed by atoms with Crippen molar-refractivity contribution in [3.05, 3.63) is 28.6 Å². The van der Waals surface area contributed by atoms with Gasteiger partial charge in [-0.05, 0) is 5.56 Å². The molecule has 17 heavy (non-hydrogen) atoms. The second-order valence-corrected chi connectivity index (χ2v) is 3.07. The summed E-state index contributed by atoms with van der Waals surface area (Å²) in [6.45, 7) is -0.598. The van der Waals surface area contributed by atoms with Crippen molar-refractivity contribution in [3.8, 4) is 0 Å². The van der Waals surface area contributed by atoms with Gasteiger partial charge < -0.3 is 5.73 Å². The first-order chi connectivity index (χ1) is 7.82. The van der Waals surface area contributed by atoms with Crippen molar-refractivity contribution < 1.29 is 26.7 Å². The lowest BCUT2D eigenvalue weighted by Gasteiger charge is -2.15. The summed E-state index contributed by atoms with van der Waals surface area (Å²) in [5, 5.41) is 0. The molecule has 0 bridgehead atoms. The summed E-state index contributed by atoms with van der Waals surface area (Å²) >= 11 is 0. The minimum atomic E-state index is -5.02. The van der Waals surface area contributed by atoms with Crippen molar-refractivity contribution in [2.24, 2.45) is 5.73 Å². The molecule has 0 saturated carbocycles. The van der Waals surface area contributed by atoms with Gasteiger partial charge in [0.1, 0.15) is 0 Å². The van der Waals surface area contributed by atoms with Gasteiger partial charge in [-0.15, -0.1) is 0 Å². The monoisotopic (exact) mass is 254 g/mol. The number of pyridine rings is 1. The van der Waals surface area contributed by atoms with Crippen LogP contribution in [0.1, 0.15) is 33.6 Å². The van der Waals surface area contributed by atoms with Crippen LogP contribution in [-0.2, 0) is 12.7 Å². The van der Waals surface area contributed by atoms with Crippen molar-refractivity contribution in [2.75, 3.05) is 0 Å². The van der Waals surface area contributed by atoms with Crippen LogP contribution in [0.25, 0.3) is 0 Å². The third-order valence-corrected chi connectivity index (χ3v) is 2.08. The Bertz CT molecular complexity index is 430. The van der Waals surface area contributed by atoms with E-state index < -0.39 is 36.0 Å². The van der Waals surface area contributed by atoms with Crippen molar-refractivity contribution in [1.82, 2.24) is 4.98 Å². The summed E-state index contributed by atoms with van der Waals surface area (Å²) in [6.07, 6.45) is -7.69. The second kappa shape index (κ2) is 4.74. The van der Waals surface area contributed by atoms with Crippen molar-refractivity contribution in [2.45, 2.75) is 19.1 Å². The number of hydrogen-bond acceptors (Lipinski definition) is 3. The molecule has 0 aliphatic rings. The summed E-state index contributed by atoms with van der Waals surface area (Å²) in [6, 6.07) is 0. The molecule has 94 valence electrons. The molecule has 0 saturated heterocycles. The number of halogens is 5. The van der Waals surface area contributed by atoms with Crippen LogP contribution in [0.15, 0.2) is 6.20 Å². The number of carbonyl (C=O) groups is 1. The van der Waals surface area contributed by atoms with E-state index in [2.05, 4.69) is 4.98 Å². The normalized spacial score (nSPS) is 11.9. The largest absolute Gasteiger partial charge is 0.433 e. The Morgan fingerprint density at radius 3 is 2.35 bits per heavy atom. The second-order valence-electron chi connectivity index (χ2n) is 3.07. The van der Waals surface area contributed by atoms with Gasteiger partial charge in [0.25, 0.3) is 6.43 Å². The molecule has 0 aliphatic carbocycles. The first-order valence-electron chi connectivity index (χ1n) is 4.35. The Labute approximate surface area is 92.4 Å². The number of nitrogens with zero attached hydrogens (tertiary/aromatic N) is 1. The Kier molecular flexibility index (Phi) is 3.76. The number of carbonyl (C=O) groups excluding carboxylic acids is 1. The predicted molar refractivity (Wildman–Crippen MR) is 47.5 cm³/mol. The maximum Gasteiger partial charge on any atom is 0.433 e. The summed E-state index contributed by atoms with van der Waals surface area (Å²) in [5.74, 6) is 0. The molecule has 2 N–H and O–H groups in total. The fourth-order valence-electron chi connectivity index (χ4n) is 1.37. The van der Waals surface area contributed by atoms with Gasteiger partial charge in [0.15, 0.2) is 12.0 Å². The number of alkyl halides is 5. The maximum atomic E-state index is 12.6. The van der Waals surface area contributed by atoms with E-state index in [4.69, 9.17) is 5.73 Å².